The minimum absolute atomic E-state index is 0.824. The Morgan fingerprint density at radius 1 is 1.56 bits per heavy atom. The van der Waals surface area contributed by atoms with E-state index in [0.29, 0.717) is 0 Å². The van der Waals surface area contributed by atoms with Gasteiger partial charge in [0.2, 0.25) is 0 Å². The lowest BCUT2D eigenvalue weighted by molar-refractivity contribution is 1.04. The molecule has 0 saturated heterocycles. The molecule has 3 heteroatoms. The number of aryl methyl sites for hydroxylation is 1. The molecule has 1 saturated carbocycles. The van der Waals surface area contributed by atoms with Crippen molar-refractivity contribution in [3.63, 3.8) is 0 Å². The number of hydrogen-bond donors (Lipinski definition) is 0. The molecule has 1 heterocycles. The fraction of sp³-hybridized carbons (Fsp3) is 0.667. The van der Waals surface area contributed by atoms with Gasteiger partial charge in [0.15, 0.2) is 0 Å². The van der Waals surface area contributed by atoms with Crippen LogP contribution < -0.4 is 0 Å². The Morgan fingerprint density at radius 3 is 2.78 bits per heavy atom. The summed E-state index contributed by atoms with van der Waals surface area (Å²) in [4.78, 5) is 1.41. The predicted octanol–water partition coefficient (Wildman–Crippen LogP) is 1.72. The molecule has 0 spiro atoms. The second-order valence-corrected chi connectivity index (χ2v) is 3.28. The molecule has 48 valence electrons. The van der Waals surface area contributed by atoms with Gasteiger partial charge >= 0.3 is 0 Å². The lowest BCUT2D eigenvalue weighted by atomic mass is 10.3. The van der Waals surface area contributed by atoms with Crippen LogP contribution in [0.25, 0.3) is 0 Å². The van der Waals surface area contributed by atoms with E-state index in [9.17, 15) is 0 Å². The summed E-state index contributed by atoms with van der Waals surface area (Å²) in [6.45, 7) is 2.04. The van der Waals surface area contributed by atoms with Gasteiger partial charge in [0.05, 0.1) is 10.6 Å². The van der Waals surface area contributed by atoms with Crippen molar-refractivity contribution in [2.75, 3.05) is 0 Å². The second kappa shape index (κ2) is 1.77. The topological polar surface area (TPSA) is 25.8 Å². The largest absolute Gasteiger partial charge is 0.143 e. The Kier molecular flexibility index (Phi) is 1.05. The van der Waals surface area contributed by atoms with Crippen molar-refractivity contribution in [3.8, 4) is 0 Å². The molecule has 1 aliphatic carbocycles. The summed E-state index contributed by atoms with van der Waals surface area (Å²) in [5.41, 5.74) is 1.14. The van der Waals surface area contributed by atoms with E-state index in [1.54, 1.807) is 11.5 Å². The average molecular weight is 140 g/mol. The maximum absolute atomic E-state index is 3.95. The van der Waals surface area contributed by atoms with E-state index in [1.165, 1.54) is 17.7 Å². The average Bonchev–Trinajstić information content (AvgIpc) is 2.58. The second-order valence-electron chi connectivity index (χ2n) is 2.50. The molecule has 0 unspecified atom stereocenters. The third-order valence-electron chi connectivity index (χ3n) is 1.63. The molecule has 1 aromatic heterocycles. The van der Waals surface area contributed by atoms with Crippen LogP contribution in [0, 0.1) is 6.92 Å². The van der Waals surface area contributed by atoms with Crippen LogP contribution in [-0.2, 0) is 0 Å². The summed E-state index contributed by atoms with van der Waals surface area (Å²) in [7, 11) is 0. The van der Waals surface area contributed by atoms with Crippen LogP contribution in [0.2, 0.25) is 0 Å². The molecule has 9 heavy (non-hydrogen) atoms. The maximum atomic E-state index is 3.95. The molecule has 1 aromatic rings. The summed E-state index contributed by atoms with van der Waals surface area (Å²) in [6, 6.07) is 0. The van der Waals surface area contributed by atoms with E-state index in [2.05, 4.69) is 9.59 Å². The minimum Gasteiger partial charge on any atom is -0.143 e. The van der Waals surface area contributed by atoms with E-state index in [4.69, 9.17) is 0 Å². The van der Waals surface area contributed by atoms with Crippen LogP contribution in [0.3, 0.4) is 0 Å². The van der Waals surface area contributed by atoms with Gasteiger partial charge in [-0.2, -0.15) is 0 Å². The van der Waals surface area contributed by atoms with Gasteiger partial charge in [-0.05, 0) is 37.2 Å². The van der Waals surface area contributed by atoms with E-state index in [0.717, 1.165) is 11.6 Å². The van der Waals surface area contributed by atoms with Crippen LogP contribution in [0.5, 0.6) is 0 Å². The van der Waals surface area contributed by atoms with Crippen molar-refractivity contribution < 1.29 is 0 Å². The van der Waals surface area contributed by atoms with Gasteiger partial charge in [-0.1, -0.05) is 4.49 Å². The van der Waals surface area contributed by atoms with Crippen molar-refractivity contribution in [1.82, 2.24) is 9.59 Å². The van der Waals surface area contributed by atoms with Gasteiger partial charge in [0.25, 0.3) is 0 Å². The molecule has 0 aliphatic heterocycles. The summed E-state index contributed by atoms with van der Waals surface area (Å²) in [5.74, 6) is 0.824. The smallest absolute Gasteiger partial charge is 0.0759 e. The van der Waals surface area contributed by atoms with Gasteiger partial charge < -0.3 is 0 Å². The highest BCUT2D eigenvalue weighted by Crippen LogP contribution is 2.42. The highest BCUT2D eigenvalue weighted by molar-refractivity contribution is 7.05. The highest BCUT2D eigenvalue weighted by Gasteiger charge is 2.27. The summed E-state index contributed by atoms with van der Waals surface area (Å²) in [5, 5.41) is 3.95. The molecule has 0 amide bonds. The zero-order valence-electron chi connectivity index (χ0n) is 5.29. The molecule has 0 aromatic carbocycles. The first-order chi connectivity index (χ1) is 4.38. The first-order valence-corrected chi connectivity index (χ1v) is 3.94. The quantitative estimate of drug-likeness (QED) is 0.593. The highest BCUT2D eigenvalue weighted by atomic mass is 32.1. The van der Waals surface area contributed by atoms with Gasteiger partial charge in [0, 0.05) is 0 Å². The van der Waals surface area contributed by atoms with Gasteiger partial charge in [-0.3, -0.25) is 0 Å². The zero-order valence-corrected chi connectivity index (χ0v) is 6.11. The van der Waals surface area contributed by atoms with E-state index in [1.807, 2.05) is 6.92 Å². The Morgan fingerprint density at radius 2 is 2.33 bits per heavy atom. The number of rotatable bonds is 1. The Bertz CT molecular complexity index is 215. The fourth-order valence-electron chi connectivity index (χ4n) is 0.956. The van der Waals surface area contributed by atoms with Gasteiger partial charge in [-0.25, -0.2) is 0 Å². The van der Waals surface area contributed by atoms with Crippen LogP contribution in [0.1, 0.15) is 29.3 Å². The molecule has 2 rings (SSSR count). The van der Waals surface area contributed by atoms with E-state index < -0.39 is 0 Å². The van der Waals surface area contributed by atoms with Crippen LogP contribution in [0.15, 0.2) is 0 Å². The lowest BCUT2D eigenvalue weighted by Gasteiger charge is -1.86. The maximum Gasteiger partial charge on any atom is 0.0759 e. The number of nitrogens with zero attached hydrogens (tertiary/aromatic N) is 2. The minimum atomic E-state index is 0.824. The van der Waals surface area contributed by atoms with Crippen LogP contribution >= 0.6 is 11.5 Å². The molecule has 0 atom stereocenters. The summed E-state index contributed by atoms with van der Waals surface area (Å²) >= 11 is 1.56. The number of hydrogen-bond acceptors (Lipinski definition) is 3. The van der Waals surface area contributed by atoms with Crippen molar-refractivity contribution in [2.24, 2.45) is 0 Å². The normalized spacial score (nSPS) is 18.3. The van der Waals surface area contributed by atoms with Crippen molar-refractivity contribution in [2.45, 2.75) is 25.7 Å². The van der Waals surface area contributed by atoms with Crippen LogP contribution in [0.4, 0.5) is 0 Å². The standard InChI is InChI=1S/C6H8N2S/c1-4-6(5-2-3-5)9-8-7-4/h5H,2-3H2,1H3. The molecule has 1 aliphatic rings. The first kappa shape index (κ1) is 5.35. The van der Waals surface area contributed by atoms with Crippen molar-refractivity contribution in [3.05, 3.63) is 10.6 Å². The van der Waals surface area contributed by atoms with Crippen molar-refractivity contribution in [1.29, 1.82) is 0 Å². The lowest BCUT2D eigenvalue weighted by Crippen LogP contribution is -1.76. The molecule has 0 N–H and O–H groups in total. The molecule has 1 fully saturated rings. The third kappa shape index (κ3) is 0.852. The van der Waals surface area contributed by atoms with E-state index >= 15 is 0 Å². The molecule has 2 nitrogen and oxygen atoms in total. The predicted molar refractivity (Wildman–Crippen MR) is 36.6 cm³/mol. The Hall–Kier alpha value is -0.440. The Labute approximate surface area is 58.1 Å². The first-order valence-electron chi connectivity index (χ1n) is 3.17. The van der Waals surface area contributed by atoms with Crippen LogP contribution in [-0.4, -0.2) is 9.59 Å². The van der Waals surface area contributed by atoms with Gasteiger partial charge in [0.1, 0.15) is 0 Å². The summed E-state index contributed by atoms with van der Waals surface area (Å²) < 4.78 is 3.87. The van der Waals surface area contributed by atoms with Gasteiger partial charge in [-0.15, -0.1) is 5.10 Å². The van der Waals surface area contributed by atoms with Crippen molar-refractivity contribution >= 4 is 11.5 Å². The molecular weight excluding hydrogens is 132 g/mol. The SMILES string of the molecule is Cc1nnsc1C1CC1. The summed E-state index contributed by atoms with van der Waals surface area (Å²) in [6.07, 6.45) is 2.70. The third-order valence-corrected chi connectivity index (χ3v) is 2.62. The fourth-order valence-corrected chi connectivity index (χ4v) is 1.77. The molecule has 0 bridgehead atoms. The van der Waals surface area contributed by atoms with E-state index in [-0.39, 0.29) is 0 Å². The number of aromatic nitrogens is 2. The Balaban J connectivity index is 2.35. The zero-order chi connectivity index (χ0) is 6.27. The monoisotopic (exact) mass is 140 g/mol. The molecule has 0 radical (unpaired) electrons. The molecular formula is C6H8N2S.